The van der Waals surface area contributed by atoms with Gasteiger partial charge in [-0.3, -0.25) is 0 Å². The second kappa shape index (κ2) is 5.69. The molecule has 1 rings (SSSR count). The highest BCUT2D eigenvalue weighted by Gasteiger charge is 2.33. The molecule has 0 saturated heterocycles. The van der Waals surface area contributed by atoms with E-state index >= 15 is 0 Å². The average molecular weight is 222 g/mol. The summed E-state index contributed by atoms with van der Waals surface area (Å²) in [5.74, 6) is 0.380. The number of hydrogen-bond donors (Lipinski definition) is 2. The van der Waals surface area contributed by atoms with Crippen molar-refractivity contribution >= 4 is 7.12 Å². The summed E-state index contributed by atoms with van der Waals surface area (Å²) in [6.07, 6.45) is 10.8. The quantitative estimate of drug-likeness (QED) is 0.702. The van der Waals surface area contributed by atoms with Crippen molar-refractivity contribution in [2.24, 2.45) is 11.3 Å². The molecule has 0 saturated carbocycles. The maximum absolute atomic E-state index is 9.15. The van der Waals surface area contributed by atoms with Crippen LogP contribution in [0.3, 0.4) is 0 Å². The highest BCUT2D eigenvalue weighted by molar-refractivity contribution is 6.51. The largest absolute Gasteiger partial charge is 0.488 e. The van der Waals surface area contributed by atoms with Gasteiger partial charge >= 0.3 is 7.12 Å². The van der Waals surface area contributed by atoms with Crippen LogP contribution in [-0.4, -0.2) is 17.2 Å². The van der Waals surface area contributed by atoms with Gasteiger partial charge in [-0.05, 0) is 29.6 Å². The summed E-state index contributed by atoms with van der Waals surface area (Å²) >= 11 is 0. The third-order valence-corrected chi connectivity index (χ3v) is 3.91. The van der Waals surface area contributed by atoms with Crippen molar-refractivity contribution in [1.29, 1.82) is 0 Å². The predicted octanol–water partition coefficient (Wildman–Crippen LogP) is 2.72. The monoisotopic (exact) mass is 222 g/mol. The first-order valence-electron chi connectivity index (χ1n) is 6.33. The van der Waals surface area contributed by atoms with Crippen LogP contribution in [0.1, 0.15) is 46.5 Å². The van der Waals surface area contributed by atoms with Gasteiger partial charge in [0.1, 0.15) is 0 Å². The maximum atomic E-state index is 9.15. The van der Waals surface area contributed by atoms with Gasteiger partial charge in [-0.25, -0.2) is 0 Å². The van der Waals surface area contributed by atoms with Crippen LogP contribution in [0.25, 0.3) is 0 Å². The SMILES string of the molecule is CCCCC1(CC)C=CC(B(O)O)=C[C@@H]1C. The summed E-state index contributed by atoms with van der Waals surface area (Å²) in [4.78, 5) is 0. The van der Waals surface area contributed by atoms with Gasteiger partial charge in [0, 0.05) is 0 Å². The molecule has 0 aromatic heterocycles. The number of hydrogen-bond acceptors (Lipinski definition) is 2. The Hall–Kier alpha value is -0.535. The van der Waals surface area contributed by atoms with Gasteiger partial charge in [-0.2, -0.15) is 0 Å². The molecule has 0 bridgehead atoms. The third-order valence-electron chi connectivity index (χ3n) is 3.91. The fourth-order valence-electron chi connectivity index (χ4n) is 2.53. The summed E-state index contributed by atoms with van der Waals surface area (Å²) < 4.78 is 0. The fourth-order valence-corrected chi connectivity index (χ4v) is 2.53. The summed E-state index contributed by atoms with van der Waals surface area (Å²) in [6, 6.07) is 0. The van der Waals surface area contributed by atoms with Crippen molar-refractivity contribution in [3.05, 3.63) is 23.7 Å². The molecule has 0 spiro atoms. The molecule has 90 valence electrons. The van der Waals surface area contributed by atoms with Crippen LogP contribution in [0.5, 0.6) is 0 Å². The van der Waals surface area contributed by atoms with Crippen molar-refractivity contribution in [2.75, 3.05) is 0 Å². The molecule has 2 nitrogen and oxygen atoms in total. The van der Waals surface area contributed by atoms with E-state index in [0.717, 1.165) is 6.42 Å². The van der Waals surface area contributed by atoms with Crippen LogP contribution in [0.15, 0.2) is 23.7 Å². The molecule has 16 heavy (non-hydrogen) atoms. The topological polar surface area (TPSA) is 40.5 Å². The Labute approximate surface area is 99.2 Å². The molecule has 0 fully saturated rings. The van der Waals surface area contributed by atoms with Crippen molar-refractivity contribution in [1.82, 2.24) is 0 Å². The van der Waals surface area contributed by atoms with Crippen molar-refractivity contribution in [3.63, 3.8) is 0 Å². The second-order valence-corrected chi connectivity index (χ2v) is 4.85. The lowest BCUT2D eigenvalue weighted by Crippen LogP contribution is -2.29. The highest BCUT2D eigenvalue weighted by Crippen LogP contribution is 2.42. The molecule has 1 unspecified atom stereocenters. The van der Waals surface area contributed by atoms with Crippen LogP contribution >= 0.6 is 0 Å². The minimum absolute atomic E-state index is 0.217. The number of unbranched alkanes of at least 4 members (excludes halogenated alkanes) is 1. The third kappa shape index (κ3) is 2.77. The first kappa shape index (κ1) is 13.5. The molecule has 0 heterocycles. The lowest BCUT2D eigenvalue weighted by Gasteiger charge is -2.37. The molecule has 0 amide bonds. The Morgan fingerprint density at radius 3 is 2.50 bits per heavy atom. The first-order chi connectivity index (χ1) is 7.55. The van der Waals surface area contributed by atoms with Gasteiger partial charge in [0.05, 0.1) is 0 Å². The molecule has 0 radical (unpaired) electrons. The Morgan fingerprint density at radius 1 is 1.38 bits per heavy atom. The van der Waals surface area contributed by atoms with E-state index in [4.69, 9.17) is 10.0 Å². The summed E-state index contributed by atoms with van der Waals surface area (Å²) in [6.45, 7) is 6.59. The fraction of sp³-hybridized carbons (Fsp3) is 0.692. The number of rotatable bonds is 5. The Balaban J connectivity index is 2.81. The zero-order valence-corrected chi connectivity index (χ0v) is 10.6. The van der Waals surface area contributed by atoms with Gasteiger partial charge in [0.2, 0.25) is 0 Å². The molecule has 0 aliphatic heterocycles. The maximum Gasteiger partial charge on any atom is 0.488 e. The lowest BCUT2D eigenvalue weighted by atomic mass is 9.63. The van der Waals surface area contributed by atoms with Gasteiger partial charge in [-0.15, -0.1) is 0 Å². The number of allylic oxidation sites excluding steroid dienone is 4. The summed E-state index contributed by atoms with van der Waals surface area (Å²) in [5.41, 5.74) is 0.849. The molecule has 2 atom stereocenters. The van der Waals surface area contributed by atoms with E-state index in [1.807, 2.05) is 12.2 Å². The minimum atomic E-state index is -1.33. The lowest BCUT2D eigenvalue weighted by molar-refractivity contribution is 0.247. The molecule has 0 aromatic rings. The molecular weight excluding hydrogens is 199 g/mol. The summed E-state index contributed by atoms with van der Waals surface area (Å²) in [5, 5.41) is 18.3. The van der Waals surface area contributed by atoms with E-state index in [1.165, 1.54) is 19.3 Å². The highest BCUT2D eigenvalue weighted by atomic mass is 16.4. The van der Waals surface area contributed by atoms with Crippen molar-refractivity contribution in [3.8, 4) is 0 Å². The van der Waals surface area contributed by atoms with E-state index in [-0.39, 0.29) is 5.41 Å². The van der Waals surface area contributed by atoms with E-state index in [2.05, 4.69) is 26.8 Å². The Bertz CT molecular complexity index is 284. The van der Waals surface area contributed by atoms with Crippen molar-refractivity contribution in [2.45, 2.75) is 46.5 Å². The van der Waals surface area contributed by atoms with Crippen LogP contribution in [-0.2, 0) is 0 Å². The van der Waals surface area contributed by atoms with E-state index in [0.29, 0.717) is 11.4 Å². The van der Waals surface area contributed by atoms with E-state index in [9.17, 15) is 0 Å². The smallest absolute Gasteiger partial charge is 0.423 e. The average Bonchev–Trinajstić information content (AvgIpc) is 2.27. The van der Waals surface area contributed by atoms with Crippen LogP contribution in [0, 0.1) is 11.3 Å². The molecule has 1 aliphatic carbocycles. The van der Waals surface area contributed by atoms with Gasteiger partial charge in [0.15, 0.2) is 0 Å². The standard InChI is InChI=1S/C13H23BO2/c1-4-6-8-13(5-2)9-7-12(14(15)16)10-11(13)3/h7,9-11,15-16H,4-6,8H2,1-3H3/t11-,13?/m0/s1. The predicted molar refractivity (Wildman–Crippen MR) is 68.8 cm³/mol. The molecule has 3 heteroatoms. The van der Waals surface area contributed by atoms with Gasteiger partial charge < -0.3 is 10.0 Å². The Kier molecular flexibility index (Phi) is 4.81. The molecule has 1 aliphatic rings. The Morgan fingerprint density at radius 2 is 2.06 bits per heavy atom. The van der Waals surface area contributed by atoms with Crippen LogP contribution in [0.4, 0.5) is 0 Å². The van der Waals surface area contributed by atoms with E-state index in [1.54, 1.807) is 0 Å². The minimum Gasteiger partial charge on any atom is -0.423 e. The van der Waals surface area contributed by atoms with Gasteiger partial charge in [-0.1, -0.05) is 51.8 Å². The zero-order valence-electron chi connectivity index (χ0n) is 10.6. The molecular formula is C13H23BO2. The van der Waals surface area contributed by atoms with E-state index < -0.39 is 7.12 Å². The van der Waals surface area contributed by atoms with Crippen LogP contribution < -0.4 is 0 Å². The normalized spacial score (nSPS) is 29.1. The molecule has 0 aromatic carbocycles. The van der Waals surface area contributed by atoms with Crippen molar-refractivity contribution < 1.29 is 10.0 Å². The molecule has 2 N–H and O–H groups in total. The summed E-state index contributed by atoms with van der Waals surface area (Å²) in [7, 11) is -1.33. The van der Waals surface area contributed by atoms with Crippen LogP contribution in [0.2, 0.25) is 0 Å². The van der Waals surface area contributed by atoms with Gasteiger partial charge in [0.25, 0.3) is 0 Å². The second-order valence-electron chi connectivity index (χ2n) is 4.85. The first-order valence-corrected chi connectivity index (χ1v) is 6.33. The zero-order chi connectivity index (χ0) is 12.2.